The molecule has 0 radical (unpaired) electrons. The van der Waals surface area contributed by atoms with Gasteiger partial charge in [-0.05, 0) is 52.9 Å². The van der Waals surface area contributed by atoms with E-state index in [2.05, 4.69) is 0 Å². The van der Waals surface area contributed by atoms with Crippen LogP contribution in [0.3, 0.4) is 0 Å². The van der Waals surface area contributed by atoms with Crippen molar-refractivity contribution in [2.24, 2.45) is 5.73 Å². The molecule has 2 N–H and O–H groups in total. The average Bonchev–Trinajstić information content (AvgIpc) is 2.95. The molecule has 0 saturated carbocycles. The van der Waals surface area contributed by atoms with Crippen LogP contribution in [0.5, 0.6) is 5.75 Å². The van der Waals surface area contributed by atoms with Crippen molar-refractivity contribution in [3.8, 4) is 5.75 Å². The molecule has 0 aliphatic heterocycles. The molecule has 1 atom stereocenters. The Morgan fingerprint density at radius 2 is 1.95 bits per heavy atom. The van der Waals surface area contributed by atoms with Crippen molar-refractivity contribution in [2.75, 3.05) is 6.61 Å². The van der Waals surface area contributed by atoms with Crippen LogP contribution in [0, 0.1) is 11.6 Å². The van der Waals surface area contributed by atoms with E-state index < -0.39 is 11.6 Å². The monoisotopic (exact) mass is 311 g/mol. The molecule has 2 rings (SSSR count). The van der Waals surface area contributed by atoms with E-state index in [9.17, 15) is 8.78 Å². The highest BCUT2D eigenvalue weighted by Gasteiger charge is 2.14. The molecule has 1 aromatic heterocycles. The van der Waals surface area contributed by atoms with Gasteiger partial charge in [-0.3, -0.25) is 0 Å². The molecule has 0 saturated heterocycles. The Hall–Kier alpha value is -1.46. The second-order valence-corrected chi connectivity index (χ2v) is 5.77. The molecule has 1 unspecified atom stereocenters. The molecular formula is C16H19F2NOS. The SMILES string of the molecule is CCC(N)Cc1cc(F)c(OCCc2ccsc2)c(F)c1. The Kier molecular flexibility index (Phi) is 5.70. The van der Waals surface area contributed by atoms with E-state index in [4.69, 9.17) is 10.5 Å². The minimum atomic E-state index is -0.668. The third kappa shape index (κ3) is 4.51. The predicted octanol–water partition coefficient (Wildman–Crippen LogP) is 3.93. The van der Waals surface area contributed by atoms with Gasteiger partial charge in [0.2, 0.25) is 0 Å². The highest BCUT2D eigenvalue weighted by molar-refractivity contribution is 7.07. The first-order valence-electron chi connectivity index (χ1n) is 6.97. The lowest BCUT2D eigenvalue weighted by Gasteiger charge is -2.12. The van der Waals surface area contributed by atoms with E-state index >= 15 is 0 Å². The van der Waals surface area contributed by atoms with E-state index in [0.717, 1.165) is 12.0 Å². The van der Waals surface area contributed by atoms with E-state index in [1.54, 1.807) is 11.3 Å². The molecule has 0 aliphatic carbocycles. The van der Waals surface area contributed by atoms with Gasteiger partial charge in [0.15, 0.2) is 17.4 Å². The first kappa shape index (κ1) is 15.9. The Labute approximate surface area is 127 Å². The lowest BCUT2D eigenvalue weighted by atomic mass is 10.0. The second-order valence-electron chi connectivity index (χ2n) is 4.99. The molecule has 2 aromatic rings. The summed E-state index contributed by atoms with van der Waals surface area (Å²) in [5.41, 5.74) is 7.47. The van der Waals surface area contributed by atoms with E-state index in [1.807, 2.05) is 23.8 Å². The number of hydrogen-bond donors (Lipinski definition) is 1. The van der Waals surface area contributed by atoms with E-state index in [0.29, 0.717) is 18.4 Å². The third-order valence-electron chi connectivity index (χ3n) is 3.30. The van der Waals surface area contributed by atoms with Crippen LogP contribution in [-0.4, -0.2) is 12.6 Å². The van der Waals surface area contributed by atoms with Gasteiger partial charge >= 0.3 is 0 Å². The van der Waals surface area contributed by atoms with E-state index in [-0.39, 0.29) is 18.4 Å². The lowest BCUT2D eigenvalue weighted by Crippen LogP contribution is -2.21. The Balaban J connectivity index is 1.99. The molecule has 21 heavy (non-hydrogen) atoms. The van der Waals surface area contributed by atoms with Crippen LogP contribution in [0.15, 0.2) is 29.0 Å². The maximum absolute atomic E-state index is 13.9. The molecule has 0 fully saturated rings. The smallest absolute Gasteiger partial charge is 0.190 e. The molecule has 5 heteroatoms. The van der Waals surface area contributed by atoms with Crippen LogP contribution < -0.4 is 10.5 Å². The lowest BCUT2D eigenvalue weighted by molar-refractivity contribution is 0.288. The minimum Gasteiger partial charge on any atom is -0.487 e. The first-order chi connectivity index (χ1) is 10.1. The molecule has 114 valence electrons. The Morgan fingerprint density at radius 3 is 2.52 bits per heavy atom. The van der Waals surface area contributed by atoms with Gasteiger partial charge in [-0.2, -0.15) is 11.3 Å². The fourth-order valence-electron chi connectivity index (χ4n) is 2.02. The summed E-state index contributed by atoms with van der Waals surface area (Å²) in [5.74, 6) is -1.64. The number of ether oxygens (including phenoxy) is 1. The first-order valence-corrected chi connectivity index (χ1v) is 7.91. The fourth-order valence-corrected chi connectivity index (χ4v) is 2.72. The van der Waals surface area contributed by atoms with Crippen molar-refractivity contribution >= 4 is 11.3 Å². The highest BCUT2D eigenvalue weighted by atomic mass is 32.1. The Morgan fingerprint density at radius 1 is 1.24 bits per heavy atom. The third-order valence-corrected chi connectivity index (χ3v) is 4.03. The summed E-state index contributed by atoms with van der Waals surface area (Å²) in [6, 6.07) is 4.49. The number of benzene rings is 1. The summed E-state index contributed by atoms with van der Waals surface area (Å²) in [4.78, 5) is 0. The molecule has 1 aromatic carbocycles. The zero-order valence-electron chi connectivity index (χ0n) is 11.9. The van der Waals surface area contributed by atoms with Crippen LogP contribution in [0.2, 0.25) is 0 Å². The van der Waals surface area contributed by atoms with Crippen molar-refractivity contribution < 1.29 is 13.5 Å². The van der Waals surface area contributed by atoms with Crippen LogP contribution in [-0.2, 0) is 12.8 Å². The molecule has 0 aliphatic rings. The molecule has 0 amide bonds. The molecule has 1 heterocycles. The summed E-state index contributed by atoms with van der Waals surface area (Å²) >= 11 is 1.59. The summed E-state index contributed by atoms with van der Waals surface area (Å²) in [7, 11) is 0. The average molecular weight is 311 g/mol. The van der Waals surface area contributed by atoms with Gasteiger partial charge < -0.3 is 10.5 Å². The normalized spacial score (nSPS) is 12.4. The quantitative estimate of drug-likeness (QED) is 0.841. The highest BCUT2D eigenvalue weighted by Crippen LogP contribution is 2.24. The van der Waals surface area contributed by atoms with Gasteiger partial charge in [0.05, 0.1) is 6.61 Å². The maximum Gasteiger partial charge on any atom is 0.190 e. The van der Waals surface area contributed by atoms with Gasteiger partial charge in [-0.15, -0.1) is 0 Å². The number of nitrogens with two attached hydrogens (primary N) is 1. The van der Waals surface area contributed by atoms with Crippen molar-refractivity contribution in [1.82, 2.24) is 0 Å². The van der Waals surface area contributed by atoms with Crippen LogP contribution in [0.25, 0.3) is 0 Å². The number of hydrogen-bond acceptors (Lipinski definition) is 3. The van der Waals surface area contributed by atoms with Gasteiger partial charge in [-0.1, -0.05) is 6.92 Å². The van der Waals surface area contributed by atoms with Gasteiger partial charge in [0.1, 0.15) is 0 Å². The van der Waals surface area contributed by atoms with Crippen molar-refractivity contribution in [2.45, 2.75) is 32.2 Å². The van der Waals surface area contributed by atoms with Gasteiger partial charge in [0, 0.05) is 12.5 Å². The molecular weight excluding hydrogens is 292 g/mol. The summed E-state index contributed by atoms with van der Waals surface area (Å²) in [6.45, 7) is 2.19. The van der Waals surface area contributed by atoms with Crippen molar-refractivity contribution in [1.29, 1.82) is 0 Å². The second kappa shape index (κ2) is 7.52. The van der Waals surface area contributed by atoms with Gasteiger partial charge in [0.25, 0.3) is 0 Å². The summed E-state index contributed by atoms with van der Waals surface area (Å²) in [5, 5.41) is 3.95. The number of thiophene rings is 1. The van der Waals surface area contributed by atoms with Gasteiger partial charge in [-0.25, -0.2) is 8.78 Å². The largest absolute Gasteiger partial charge is 0.487 e. The fraction of sp³-hybridized carbons (Fsp3) is 0.375. The number of rotatable bonds is 7. The standard InChI is InChI=1S/C16H19F2NOS/c1-2-13(19)7-12-8-14(17)16(15(18)9-12)20-5-3-11-4-6-21-10-11/h4,6,8-10,13H,2-3,5,7,19H2,1H3. The zero-order chi connectivity index (χ0) is 15.2. The molecule has 0 bridgehead atoms. The van der Waals surface area contributed by atoms with Crippen LogP contribution >= 0.6 is 11.3 Å². The summed E-state index contributed by atoms with van der Waals surface area (Å²) < 4.78 is 33.1. The molecule has 0 spiro atoms. The predicted molar refractivity (Wildman–Crippen MR) is 81.8 cm³/mol. The minimum absolute atomic E-state index is 0.0887. The van der Waals surface area contributed by atoms with Crippen molar-refractivity contribution in [3.63, 3.8) is 0 Å². The molecule has 2 nitrogen and oxygen atoms in total. The number of halogens is 2. The van der Waals surface area contributed by atoms with Crippen LogP contribution in [0.4, 0.5) is 8.78 Å². The Bertz CT molecular complexity index is 549. The summed E-state index contributed by atoms with van der Waals surface area (Å²) in [6.07, 6.45) is 1.85. The maximum atomic E-state index is 13.9. The zero-order valence-corrected chi connectivity index (χ0v) is 12.8. The van der Waals surface area contributed by atoms with Crippen molar-refractivity contribution in [3.05, 3.63) is 51.7 Å². The topological polar surface area (TPSA) is 35.2 Å². The van der Waals surface area contributed by atoms with E-state index in [1.165, 1.54) is 12.1 Å². The van der Waals surface area contributed by atoms with Crippen LogP contribution in [0.1, 0.15) is 24.5 Å².